The number of aliphatic hydroxyl groups is 1. The SMILES string of the molecule is COC(=O)C(O)CNC(=O)c1ccc(OCC(N)=O)cc1. The van der Waals surface area contributed by atoms with E-state index in [0.717, 1.165) is 7.11 Å². The molecule has 114 valence electrons. The van der Waals surface area contributed by atoms with Crippen LogP contribution in [0.1, 0.15) is 10.4 Å². The van der Waals surface area contributed by atoms with Crippen LogP contribution in [0.15, 0.2) is 24.3 Å². The molecule has 21 heavy (non-hydrogen) atoms. The summed E-state index contributed by atoms with van der Waals surface area (Å²) in [4.78, 5) is 33.3. The van der Waals surface area contributed by atoms with Gasteiger partial charge in [-0.2, -0.15) is 0 Å². The molecule has 1 unspecified atom stereocenters. The fourth-order valence-electron chi connectivity index (χ4n) is 1.37. The van der Waals surface area contributed by atoms with E-state index in [1.807, 2.05) is 0 Å². The molecule has 0 radical (unpaired) electrons. The zero-order valence-corrected chi connectivity index (χ0v) is 11.4. The average molecular weight is 296 g/mol. The largest absolute Gasteiger partial charge is 0.484 e. The van der Waals surface area contributed by atoms with Gasteiger partial charge in [0.2, 0.25) is 0 Å². The quantitative estimate of drug-likeness (QED) is 0.543. The van der Waals surface area contributed by atoms with E-state index in [4.69, 9.17) is 10.5 Å². The van der Waals surface area contributed by atoms with E-state index in [-0.39, 0.29) is 13.2 Å². The zero-order chi connectivity index (χ0) is 15.8. The first-order chi connectivity index (χ1) is 9.93. The maximum atomic E-state index is 11.7. The van der Waals surface area contributed by atoms with Gasteiger partial charge in [0.05, 0.1) is 13.7 Å². The Morgan fingerprint density at radius 2 is 1.90 bits per heavy atom. The molecule has 0 aliphatic carbocycles. The molecule has 0 aromatic heterocycles. The van der Waals surface area contributed by atoms with Gasteiger partial charge in [-0.05, 0) is 24.3 Å². The second-order valence-electron chi connectivity index (χ2n) is 4.03. The molecule has 2 amide bonds. The smallest absolute Gasteiger partial charge is 0.336 e. The van der Waals surface area contributed by atoms with Crippen LogP contribution in [0.2, 0.25) is 0 Å². The van der Waals surface area contributed by atoms with Crippen LogP contribution >= 0.6 is 0 Å². The molecule has 8 heteroatoms. The van der Waals surface area contributed by atoms with E-state index in [0.29, 0.717) is 11.3 Å². The Bertz CT molecular complexity index is 514. The maximum absolute atomic E-state index is 11.7. The van der Waals surface area contributed by atoms with Crippen LogP contribution in [-0.4, -0.2) is 49.3 Å². The molecule has 0 spiro atoms. The van der Waals surface area contributed by atoms with Crippen molar-refractivity contribution in [3.05, 3.63) is 29.8 Å². The fourth-order valence-corrected chi connectivity index (χ4v) is 1.37. The number of aliphatic hydroxyl groups excluding tert-OH is 1. The predicted molar refractivity (Wildman–Crippen MR) is 71.5 cm³/mol. The van der Waals surface area contributed by atoms with Gasteiger partial charge in [0.1, 0.15) is 5.75 Å². The van der Waals surface area contributed by atoms with E-state index in [1.165, 1.54) is 24.3 Å². The minimum absolute atomic E-state index is 0.253. The minimum Gasteiger partial charge on any atom is -0.484 e. The summed E-state index contributed by atoms with van der Waals surface area (Å²) in [5.41, 5.74) is 5.24. The highest BCUT2D eigenvalue weighted by atomic mass is 16.5. The lowest BCUT2D eigenvalue weighted by Gasteiger charge is -2.10. The number of rotatable bonds is 7. The summed E-state index contributed by atoms with van der Waals surface area (Å²) in [5.74, 6) is -1.52. The number of carbonyl (C=O) groups is 3. The molecule has 0 saturated carbocycles. The van der Waals surface area contributed by atoms with Crippen LogP contribution in [0.4, 0.5) is 0 Å². The zero-order valence-electron chi connectivity index (χ0n) is 11.4. The second-order valence-corrected chi connectivity index (χ2v) is 4.03. The van der Waals surface area contributed by atoms with Crippen molar-refractivity contribution in [3.63, 3.8) is 0 Å². The Kier molecular flexibility index (Phi) is 6.15. The van der Waals surface area contributed by atoms with Crippen molar-refractivity contribution < 1.29 is 29.0 Å². The summed E-state index contributed by atoms with van der Waals surface area (Å²) >= 11 is 0. The van der Waals surface area contributed by atoms with E-state index >= 15 is 0 Å². The summed E-state index contributed by atoms with van der Waals surface area (Å²) in [7, 11) is 1.14. The lowest BCUT2D eigenvalue weighted by atomic mass is 10.2. The molecule has 1 atom stereocenters. The lowest BCUT2D eigenvalue weighted by Crippen LogP contribution is -2.37. The molecular weight excluding hydrogens is 280 g/mol. The van der Waals surface area contributed by atoms with Crippen LogP contribution < -0.4 is 15.8 Å². The summed E-state index contributed by atoms with van der Waals surface area (Å²) in [5, 5.41) is 11.7. The predicted octanol–water partition coefficient (Wildman–Crippen LogP) is -1.19. The summed E-state index contributed by atoms with van der Waals surface area (Å²) in [6.07, 6.45) is -1.42. The highest BCUT2D eigenvalue weighted by Gasteiger charge is 2.16. The topological polar surface area (TPSA) is 128 Å². The Labute approximate surface area is 120 Å². The van der Waals surface area contributed by atoms with Crippen molar-refractivity contribution in [3.8, 4) is 5.75 Å². The third-order valence-electron chi connectivity index (χ3n) is 2.43. The molecule has 0 bridgehead atoms. The number of hydrogen-bond acceptors (Lipinski definition) is 6. The third kappa shape index (κ3) is 5.49. The number of carbonyl (C=O) groups excluding carboxylic acids is 3. The monoisotopic (exact) mass is 296 g/mol. The molecule has 0 fully saturated rings. The molecule has 0 heterocycles. The summed E-state index contributed by atoms with van der Waals surface area (Å²) in [6.45, 7) is -0.512. The molecule has 1 aromatic carbocycles. The number of amides is 2. The van der Waals surface area contributed by atoms with Gasteiger partial charge in [-0.3, -0.25) is 9.59 Å². The van der Waals surface area contributed by atoms with Gasteiger partial charge in [0.15, 0.2) is 12.7 Å². The molecule has 1 aromatic rings. The maximum Gasteiger partial charge on any atom is 0.336 e. The summed E-state index contributed by atoms with van der Waals surface area (Å²) in [6, 6.07) is 5.93. The van der Waals surface area contributed by atoms with Gasteiger partial charge in [0.25, 0.3) is 11.8 Å². The number of hydrogen-bond donors (Lipinski definition) is 3. The molecule has 0 aliphatic rings. The first-order valence-electron chi connectivity index (χ1n) is 5.99. The highest BCUT2D eigenvalue weighted by Crippen LogP contribution is 2.11. The number of esters is 1. The molecule has 0 saturated heterocycles. The Hall–Kier alpha value is -2.61. The van der Waals surface area contributed by atoms with Gasteiger partial charge in [-0.25, -0.2) is 4.79 Å². The Balaban J connectivity index is 2.51. The van der Waals surface area contributed by atoms with Crippen LogP contribution in [0, 0.1) is 0 Å². The average Bonchev–Trinajstić information content (AvgIpc) is 2.49. The third-order valence-corrected chi connectivity index (χ3v) is 2.43. The highest BCUT2D eigenvalue weighted by molar-refractivity contribution is 5.94. The first kappa shape index (κ1) is 16.4. The van der Waals surface area contributed by atoms with Crippen molar-refractivity contribution in [1.82, 2.24) is 5.32 Å². The van der Waals surface area contributed by atoms with Gasteiger partial charge < -0.3 is 25.6 Å². The van der Waals surface area contributed by atoms with Crippen molar-refractivity contribution in [2.45, 2.75) is 6.10 Å². The van der Waals surface area contributed by atoms with E-state index in [1.54, 1.807) is 0 Å². The molecule has 1 rings (SSSR count). The van der Waals surface area contributed by atoms with Gasteiger partial charge >= 0.3 is 5.97 Å². The van der Waals surface area contributed by atoms with E-state index in [9.17, 15) is 19.5 Å². The number of nitrogens with one attached hydrogen (secondary N) is 1. The first-order valence-corrected chi connectivity index (χ1v) is 5.99. The number of primary amides is 1. The van der Waals surface area contributed by atoms with Crippen molar-refractivity contribution in [1.29, 1.82) is 0 Å². The number of benzene rings is 1. The van der Waals surface area contributed by atoms with E-state index < -0.39 is 23.9 Å². The van der Waals surface area contributed by atoms with Crippen LogP contribution in [0.25, 0.3) is 0 Å². The van der Waals surface area contributed by atoms with Crippen molar-refractivity contribution in [2.75, 3.05) is 20.3 Å². The van der Waals surface area contributed by atoms with Gasteiger partial charge in [-0.15, -0.1) is 0 Å². The molecule has 4 N–H and O–H groups in total. The number of nitrogens with two attached hydrogens (primary N) is 1. The van der Waals surface area contributed by atoms with Crippen LogP contribution in [-0.2, 0) is 14.3 Å². The normalized spacial score (nSPS) is 11.3. The molecule has 0 aliphatic heterocycles. The number of methoxy groups -OCH3 is 1. The minimum atomic E-state index is -1.42. The lowest BCUT2D eigenvalue weighted by molar-refractivity contribution is -0.149. The van der Waals surface area contributed by atoms with Gasteiger partial charge in [-0.1, -0.05) is 0 Å². The van der Waals surface area contributed by atoms with Gasteiger partial charge in [0, 0.05) is 5.56 Å². The van der Waals surface area contributed by atoms with Crippen molar-refractivity contribution >= 4 is 17.8 Å². The standard InChI is InChI=1S/C13H16N2O6/c1-20-13(19)10(16)6-15-12(18)8-2-4-9(5-3-8)21-7-11(14)17/h2-5,10,16H,6-7H2,1H3,(H2,14,17)(H,15,18). The van der Waals surface area contributed by atoms with Crippen molar-refractivity contribution in [2.24, 2.45) is 5.73 Å². The van der Waals surface area contributed by atoms with Crippen LogP contribution in [0.5, 0.6) is 5.75 Å². The molecular formula is C13H16N2O6. The second kappa shape index (κ2) is 7.85. The fraction of sp³-hybridized carbons (Fsp3) is 0.308. The number of ether oxygens (including phenoxy) is 2. The summed E-state index contributed by atoms with van der Waals surface area (Å²) < 4.78 is 9.36. The Morgan fingerprint density at radius 1 is 1.29 bits per heavy atom. The molecule has 8 nitrogen and oxygen atoms in total. The van der Waals surface area contributed by atoms with E-state index in [2.05, 4.69) is 10.1 Å². The van der Waals surface area contributed by atoms with Crippen LogP contribution in [0.3, 0.4) is 0 Å². The Morgan fingerprint density at radius 3 is 2.43 bits per heavy atom.